The lowest BCUT2D eigenvalue weighted by Gasteiger charge is -2.38. The summed E-state index contributed by atoms with van der Waals surface area (Å²) in [5.41, 5.74) is 3.80. The monoisotopic (exact) mass is 399 g/mol. The molecule has 0 spiro atoms. The zero-order valence-electron chi connectivity index (χ0n) is 17.9. The highest BCUT2D eigenvalue weighted by Crippen LogP contribution is 2.53. The van der Waals surface area contributed by atoms with Gasteiger partial charge in [-0.3, -0.25) is 0 Å². The van der Waals surface area contributed by atoms with Crippen molar-refractivity contribution in [2.24, 2.45) is 5.92 Å². The van der Waals surface area contributed by atoms with Crippen molar-refractivity contribution in [2.75, 3.05) is 12.4 Å². The van der Waals surface area contributed by atoms with Crippen LogP contribution in [-0.4, -0.2) is 13.2 Å². The number of nitrogens with one attached hydrogen (secondary N) is 1. The maximum Gasteiger partial charge on any atom is 0.124 e. The van der Waals surface area contributed by atoms with Gasteiger partial charge in [-0.25, -0.2) is 0 Å². The molecular formula is C27H29NO2. The van der Waals surface area contributed by atoms with E-state index in [2.05, 4.69) is 85.9 Å². The van der Waals surface area contributed by atoms with Gasteiger partial charge in [0, 0.05) is 17.2 Å². The fraction of sp³-hybridized carbons (Fsp3) is 0.333. The molecule has 3 heteroatoms. The second-order valence-electron chi connectivity index (χ2n) is 8.46. The molecule has 5 rings (SSSR count). The van der Waals surface area contributed by atoms with E-state index in [0.29, 0.717) is 11.8 Å². The molecule has 1 aliphatic carbocycles. The van der Waals surface area contributed by atoms with Gasteiger partial charge >= 0.3 is 0 Å². The van der Waals surface area contributed by atoms with Gasteiger partial charge in [0.1, 0.15) is 11.5 Å². The van der Waals surface area contributed by atoms with Gasteiger partial charge in [0.2, 0.25) is 0 Å². The summed E-state index contributed by atoms with van der Waals surface area (Å²) < 4.78 is 11.9. The molecule has 0 amide bonds. The van der Waals surface area contributed by atoms with Crippen LogP contribution in [0, 0.1) is 5.92 Å². The topological polar surface area (TPSA) is 30.5 Å². The lowest BCUT2D eigenvalue weighted by Crippen LogP contribution is -2.29. The maximum atomic E-state index is 6.11. The number of fused-ring (bicyclic) bond motifs is 4. The molecule has 0 radical (unpaired) electrons. The molecule has 4 unspecified atom stereocenters. The molecule has 1 heterocycles. The Labute approximate surface area is 178 Å². The molecule has 4 atom stereocenters. The van der Waals surface area contributed by atoms with Crippen LogP contribution in [0.3, 0.4) is 0 Å². The normalized spacial score (nSPS) is 22.8. The highest BCUT2D eigenvalue weighted by Gasteiger charge is 2.39. The van der Waals surface area contributed by atoms with Crippen LogP contribution in [0.2, 0.25) is 0 Å². The molecule has 0 fully saturated rings. The highest BCUT2D eigenvalue weighted by molar-refractivity contribution is 5.89. The van der Waals surface area contributed by atoms with Gasteiger partial charge in [0.25, 0.3) is 0 Å². The van der Waals surface area contributed by atoms with Crippen LogP contribution in [0.25, 0.3) is 10.8 Å². The summed E-state index contributed by atoms with van der Waals surface area (Å²) in [4.78, 5) is 0. The Kier molecular flexibility index (Phi) is 4.90. The van der Waals surface area contributed by atoms with Crippen LogP contribution in [0.5, 0.6) is 11.5 Å². The molecule has 3 aromatic rings. The molecule has 0 saturated heterocycles. The second-order valence-corrected chi connectivity index (χ2v) is 8.46. The number of anilines is 1. The highest BCUT2D eigenvalue weighted by atomic mass is 16.5. The number of ether oxygens (including phenoxy) is 2. The first kappa shape index (κ1) is 19.0. The third-order valence-electron chi connectivity index (χ3n) is 6.71. The number of allylic oxidation sites excluding steroid dienone is 2. The van der Waals surface area contributed by atoms with E-state index in [1.807, 2.05) is 0 Å². The molecule has 3 aromatic carbocycles. The van der Waals surface area contributed by atoms with Gasteiger partial charge in [0.15, 0.2) is 0 Å². The van der Waals surface area contributed by atoms with Crippen LogP contribution in [0.4, 0.5) is 5.69 Å². The van der Waals surface area contributed by atoms with Crippen molar-refractivity contribution >= 4 is 16.5 Å². The van der Waals surface area contributed by atoms with Crippen molar-refractivity contribution in [3.63, 3.8) is 0 Å². The number of rotatable bonds is 5. The summed E-state index contributed by atoms with van der Waals surface area (Å²) in [6.07, 6.45) is 7.00. The quantitative estimate of drug-likeness (QED) is 0.476. The summed E-state index contributed by atoms with van der Waals surface area (Å²) in [5.74, 6) is 2.76. The standard InChI is InChI=1S/C27H29NO2/c1-4-17(2)30-19-13-14-24-23(16-19)21-10-7-11-22(21)27(28-24)26-20-9-6-5-8-18(20)12-15-25(26)29-3/h5-10,12-17,21-22,27-28H,4,11H2,1-3H3. The minimum absolute atomic E-state index is 0.194. The maximum absolute atomic E-state index is 6.11. The average Bonchev–Trinajstić information content (AvgIpc) is 3.28. The SMILES string of the molecule is CCC(C)Oc1ccc2c(c1)C1C=CCC1C(c1c(OC)ccc3ccccc13)N2. The molecule has 0 bridgehead atoms. The van der Waals surface area contributed by atoms with E-state index in [1.54, 1.807) is 7.11 Å². The van der Waals surface area contributed by atoms with E-state index < -0.39 is 0 Å². The molecule has 1 N–H and O–H groups in total. The second kappa shape index (κ2) is 7.71. The Balaban J connectivity index is 1.60. The predicted molar refractivity (Wildman–Crippen MR) is 124 cm³/mol. The van der Waals surface area contributed by atoms with E-state index in [-0.39, 0.29) is 12.1 Å². The van der Waals surface area contributed by atoms with Gasteiger partial charge in [-0.1, -0.05) is 49.4 Å². The smallest absolute Gasteiger partial charge is 0.124 e. The molecule has 2 aliphatic rings. The first-order valence-electron chi connectivity index (χ1n) is 11.0. The van der Waals surface area contributed by atoms with E-state index in [9.17, 15) is 0 Å². The van der Waals surface area contributed by atoms with Crippen molar-refractivity contribution in [1.82, 2.24) is 0 Å². The zero-order valence-corrected chi connectivity index (χ0v) is 17.9. The lowest BCUT2D eigenvalue weighted by atomic mass is 9.76. The number of methoxy groups -OCH3 is 1. The largest absolute Gasteiger partial charge is 0.496 e. The Morgan fingerprint density at radius 1 is 1.10 bits per heavy atom. The van der Waals surface area contributed by atoms with Crippen molar-refractivity contribution < 1.29 is 9.47 Å². The Morgan fingerprint density at radius 2 is 1.97 bits per heavy atom. The molecule has 0 aromatic heterocycles. The predicted octanol–water partition coefficient (Wildman–Crippen LogP) is 6.85. The molecule has 1 aliphatic heterocycles. The number of hydrogen-bond acceptors (Lipinski definition) is 3. The van der Waals surface area contributed by atoms with Crippen molar-refractivity contribution in [1.29, 1.82) is 0 Å². The fourth-order valence-electron chi connectivity index (χ4n) is 5.02. The van der Waals surface area contributed by atoms with Gasteiger partial charge < -0.3 is 14.8 Å². The Bertz CT molecular complexity index is 1100. The fourth-order valence-corrected chi connectivity index (χ4v) is 5.02. The molecular weight excluding hydrogens is 370 g/mol. The Hall–Kier alpha value is -2.94. The first-order valence-corrected chi connectivity index (χ1v) is 11.0. The zero-order chi connectivity index (χ0) is 20.7. The third-order valence-corrected chi connectivity index (χ3v) is 6.71. The third kappa shape index (κ3) is 3.13. The summed E-state index contributed by atoms with van der Waals surface area (Å²) >= 11 is 0. The van der Waals surface area contributed by atoms with Crippen LogP contribution >= 0.6 is 0 Å². The van der Waals surface area contributed by atoms with Crippen LogP contribution < -0.4 is 14.8 Å². The summed E-state index contributed by atoms with van der Waals surface area (Å²) in [5, 5.41) is 6.39. The van der Waals surface area contributed by atoms with Gasteiger partial charge in [-0.2, -0.15) is 0 Å². The van der Waals surface area contributed by atoms with Crippen LogP contribution in [0.1, 0.15) is 49.8 Å². The van der Waals surface area contributed by atoms with Gasteiger partial charge in [0.05, 0.1) is 19.3 Å². The Morgan fingerprint density at radius 3 is 2.80 bits per heavy atom. The number of hydrogen-bond donors (Lipinski definition) is 1. The average molecular weight is 400 g/mol. The van der Waals surface area contributed by atoms with Crippen molar-refractivity contribution in [2.45, 2.75) is 44.8 Å². The molecule has 30 heavy (non-hydrogen) atoms. The minimum Gasteiger partial charge on any atom is -0.496 e. The van der Waals surface area contributed by atoms with E-state index in [0.717, 1.165) is 24.3 Å². The van der Waals surface area contributed by atoms with Crippen molar-refractivity contribution in [3.8, 4) is 11.5 Å². The minimum atomic E-state index is 0.194. The van der Waals surface area contributed by atoms with Gasteiger partial charge in [-0.15, -0.1) is 0 Å². The summed E-state index contributed by atoms with van der Waals surface area (Å²) in [7, 11) is 1.77. The lowest BCUT2D eigenvalue weighted by molar-refractivity contribution is 0.217. The molecule has 154 valence electrons. The molecule has 3 nitrogen and oxygen atoms in total. The van der Waals surface area contributed by atoms with E-state index >= 15 is 0 Å². The summed E-state index contributed by atoms with van der Waals surface area (Å²) in [6, 6.07) is 19.6. The number of benzene rings is 3. The first-order chi connectivity index (χ1) is 14.7. The molecule has 0 saturated carbocycles. The van der Waals surface area contributed by atoms with E-state index in [1.165, 1.54) is 27.6 Å². The van der Waals surface area contributed by atoms with Crippen molar-refractivity contribution in [3.05, 3.63) is 77.9 Å². The van der Waals surface area contributed by atoms with Crippen LogP contribution in [0.15, 0.2) is 66.7 Å². The van der Waals surface area contributed by atoms with E-state index in [4.69, 9.17) is 9.47 Å². The summed E-state index contributed by atoms with van der Waals surface area (Å²) in [6.45, 7) is 4.28. The van der Waals surface area contributed by atoms with Crippen LogP contribution in [-0.2, 0) is 0 Å². The van der Waals surface area contributed by atoms with Gasteiger partial charge in [-0.05, 0) is 66.3 Å².